The van der Waals surface area contributed by atoms with Crippen molar-refractivity contribution < 1.29 is 17.9 Å². The van der Waals surface area contributed by atoms with E-state index in [0.29, 0.717) is 46.9 Å². The van der Waals surface area contributed by atoms with Crippen LogP contribution in [-0.2, 0) is 27.4 Å². The second-order valence-corrected chi connectivity index (χ2v) is 12.4. The van der Waals surface area contributed by atoms with Gasteiger partial charge in [0, 0.05) is 40.5 Å². The molecular weight excluding hydrogens is 491 g/mol. The van der Waals surface area contributed by atoms with Crippen LogP contribution in [0.2, 0.25) is 0 Å². The second-order valence-electron chi connectivity index (χ2n) is 10.3. The van der Waals surface area contributed by atoms with Crippen LogP contribution in [0.3, 0.4) is 0 Å². The van der Waals surface area contributed by atoms with E-state index in [-0.39, 0.29) is 23.3 Å². The van der Waals surface area contributed by atoms with Crippen molar-refractivity contribution in [2.24, 2.45) is 11.8 Å². The van der Waals surface area contributed by atoms with E-state index in [1.807, 2.05) is 6.92 Å². The van der Waals surface area contributed by atoms with Crippen molar-refractivity contribution in [1.29, 1.82) is 0 Å². The highest BCUT2D eigenvalue weighted by Gasteiger charge is 2.50. The predicted octanol–water partition coefficient (Wildman–Crippen LogP) is 5.44. The first-order chi connectivity index (χ1) is 17.5. The van der Waals surface area contributed by atoms with Gasteiger partial charge in [-0.15, -0.1) is 0 Å². The lowest BCUT2D eigenvalue weighted by atomic mass is 9.57. The van der Waals surface area contributed by atoms with Gasteiger partial charge in [0.15, 0.2) is 15.7 Å². The average molecular weight is 519 g/mol. The van der Waals surface area contributed by atoms with Gasteiger partial charge in [0.05, 0.1) is 35.2 Å². The number of sulfone groups is 1. The summed E-state index contributed by atoms with van der Waals surface area (Å²) in [7, 11) is -3.30. The minimum Gasteiger partial charge on any atom is -0.523 e. The molecule has 3 atom stereocenters. The van der Waals surface area contributed by atoms with E-state index in [9.17, 15) is 13.5 Å². The molecule has 2 aliphatic rings. The number of fused-ring (bicyclic) bond motifs is 3. The molecule has 0 amide bonds. The Balaban J connectivity index is 1.76. The van der Waals surface area contributed by atoms with Gasteiger partial charge in [-0.3, -0.25) is 4.98 Å². The van der Waals surface area contributed by atoms with Crippen LogP contribution < -0.4 is 0 Å². The number of benzene rings is 1. The molecule has 1 N–H and O–H groups in total. The third-order valence-electron chi connectivity index (χ3n) is 7.69. The van der Waals surface area contributed by atoms with Crippen molar-refractivity contribution in [3.8, 4) is 22.6 Å². The number of aliphatic hydroxyl groups excluding tert-OH is 1. The summed E-state index contributed by atoms with van der Waals surface area (Å²) >= 11 is 0. The fraction of sp³-hybridized carbons (Fsp3) is 0.357. The monoisotopic (exact) mass is 518 g/mol. The van der Waals surface area contributed by atoms with E-state index in [1.54, 1.807) is 30.3 Å². The standard InChI is InChI=1S/C28H27FN4O3S/c1-16-21-10-9-20-24(19-7-5-6-8-22(19)29)32-27(17-11-12-31-18(13-17)15-37(4,35)36)33-26(20)28(21,2)14-23(30-3)25(16)34/h5-8,11-13,16,21,34H,9-10,14-15H2,1-2,4H3/t16-,21-,28-/m1/s1. The molecule has 0 aliphatic heterocycles. The minimum absolute atomic E-state index is 0.0416. The summed E-state index contributed by atoms with van der Waals surface area (Å²) in [4.78, 5) is 17.6. The van der Waals surface area contributed by atoms with Crippen molar-refractivity contribution in [1.82, 2.24) is 15.0 Å². The molecule has 2 aliphatic carbocycles. The lowest BCUT2D eigenvalue weighted by molar-refractivity contribution is 0.135. The van der Waals surface area contributed by atoms with E-state index >= 15 is 4.39 Å². The molecule has 3 aromatic rings. The van der Waals surface area contributed by atoms with Gasteiger partial charge in [0.25, 0.3) is 0 Å². The van der Waals surface area contributed by atoms with Gasteiger partial charge in [-0.1, -0.05) is 26.0 Å². The van der Waals surface area contributed by atoms with E-state index in [2.05, 4.69) is 16.8 Å². The maximum absolute atomic E-state index is 15.1. The summed E-state index contributed by atoms with van der Waals surface area (Å²) < 4.78 is 38.8. The van der Waals surface area contributed by atoms with Crippen LogP contribution in [0.25, 0.3) is 27.5 Å². The first kappa shape index (κ1) is 25.0. The summed E-state index contributed by atoms with van der Waals surface area (Å²) in [5.41, 5.74) is 3.15. The van der Waals surface area contributed by atoms with Gasteiger partial charge in [-0.25, -0.2) is 27.6 Å². The van der Waals surface area contributed by atoms with Gasteiger partial charge in [0.2, 0.25) is 5.70 Å². The molecule has 9 heteroatoms. The summed E-state index contributed by atoms with van der Waals surface area (Å²) in [5.74, 6) is -0.309. The lowest BCUT2D eigenvalue weighted by Crippen LogP contribution is -2.45. The van der Waals surface area contributed by atoms with Crippen molar-refractivity contribution in [2.45, 2.75) is 44.3 Å². The number of hydrogen-bond donors (Lipinski definition) is 1. The Morgan fingerprint density at radius 2 is 2.00 bits per heavy atom. The van der Waals surface area contributed by atoms with Crippen LogP contribution in [0.4, 0.5) is 4.39 Å². The summed E-state index contributed by atoms with van der Waals surface area (Å²) in [6.45, 7) is 11.6. The van der Waals surface area contributed by atoms with Crippen LogP contribution in [-0.4, -0.2) is 34.7 Å². The summed E-state index contributed by atoms with van der Waals surface area (Å²) in [6.07, 6.45) is 4.36. The Morgan fingerprint density at radius 3 is 2.70 bits per heavy atom. The molecule has 190 valence electrons. The Bertz CT molecular complexity index is 1600. The third-order valence-corrected chi connectivity index (χ3v) is 8.51. The molecule has 2 heterocycles. The van der Waals surface area contributed by atoms with E-state index in [0.717, 1.165) is 23.9 Å². The number of hydrogen-bond acceptors (Lipinski definition) is 6. The highest BCUT2D eigenvalue weighted by atomic mass is 32.2. The lowest BCUT2D eigenvalue weighted by Gasteiger charge is -2.48. The van der Waals surface area contributed by atoms with Crippen LogP contribution in [0, 0.1) is 24.2 Å². The Hall–Kier alpha value is -3.64. The zero-order valence-corrected chi connectivity index (χ0v) is 21.7. The number of pyridine rings is 1. The Labute approximate surface area is 215 Å². The molecule has 0 bridgehead atoms. The smallest absolute Gasteiger partial charge is 0.203 e. The number of allylic oxidation sites excluding steroid dienone is 2. The summed E-state index contributed by atoms with van der Waals surface area (Å²) in [5, 5.41) is 10.7. The molecule has 5 rings (SSSR count). The first-order valence-electron chi connectivity index (χ1n) is 12.1. The molecule has 0 radical (unpaired) electrons. The Morgan fingerprint density at radius 1 is 1.24 bits per heavy atom. The highest BCUT2D eigenvalue weighted by molar-refractivity contribution is 7.89. The minimum atomic E-state index is -3.30. The quantitative estimate of drug-likeness (QED) is 0.462. The van der Waals surface area contributed by atoms with Crippen molar-refractivity contribution >= 4 is 9.84 Å². The topological polar surface area (TPSA) is 97.4 Å². The van der Waals surface area contributed by atoms with Gasteiger partial charge in [-0.05, 0) is 49.4 Å². The van der Waals surface area contributed by atoms with Crippen LogP contribution in [0.5, 0.6) is 0 Å². The van der Waals surface area contributed by atoms with E-state index < -0.39 is 21.1 Å². The molecule has 7 nitrogen and oxygen atoms in total. The van der Waals surface area contributed by atoms with Gasteiger partial charge >= 0.3 is 0 Å². The van der Waals surface area contributed by atoms with Gasteiger partial charge in [-0.2, -0.15) is 0 Å². The zero-order valence-electron chi connectivity index (χ0n) is 20.9. The fourth-order valence-corrected chi connectivity index (χ4v) is 6.66. The maximum atomic E-state index is 15.1. The van der Waals surface area contributed by atoms with E-state index in [4.69, 9.17) is 16.5 Å². The Kier molecular flexibility index (Phi) is 6.11. The van der Waals surface area contributed by atoms with Crippen LogP contribution >= 0.6 is 0 Å². The number of nitrogens with zero attached hydrogens (tertiary/aromatic N) is 4. The number of halogens is 1. The van der Waals surface area contributed by atoms with Gasteiger partial charge in [0.1, 0.15) is 5.82 Å². The number of rotatable bonds is 4. The molecule has 0 saturated heterocycles. The third kappa shape index (κ3) is 4.40. The normalized spacial score (nSPS) is 23.2. The maximum Gasteiger partial charge on any atom is 0.203 e. The number of aliphatic hydroxyl groups is 1. The second kappa shape index (κ2) is 9.03. The highest BCUT2D eigenvalue weighted by Crippen LogP contribution is 2.54. The molecular formula is C28H27FN4O3S. The van der Waals surface area contributed by atoms with Gasteiger partial charge < -0.3 is 5.11 Å². The zero-order chi connectivity index (χ0) is 26.5. The fourth-order valence-electron chi connectivity index (χ4n) is 5.96. The van der Waals surface area contributed by atoms with Crippen LogP contribution in [0.15, 0.2) is 54.1 Å². The average Bonchev–Trinajstić information content (AvgIpc) is 2.85. The van der Waals surface area contributed by atoms with E-state index in [1.165, 1.54) is 12.3 Å². The molecule has 2 aromatic heterocycles. The first-order valence-corrected chi connectivity index (χ1v) is 14.2. The summed E-state index contributed by atoms with van der Waals surface area (Å²) in [6, 6.07) is 9.84. The molecule has 0 fully saturated rings. The molecule has 0 spiro atoms. The predicted molar refractivity (Wildman–Crippen MR) is 138 cm³/mol. The van der Waals surface area contributed by atoms with Crippen LogP contribution in [0.1, 0.15) is 43.6 Å². The molecule has 1 aromatic carbocycles. The molecule has 0 unspecified atom stereocenters. The molecule has 37 heavy (non-hydrogen) atoms. The molecule has 0 saturated carbocycles. The van der Waals surface area contributed by atoms with Crippen molar-refractivity contribution in [3.63, 3.8) is 0 Å². The van der Waals surface area contributed by atoms with Crippen molar-refractivity contribution in [3.05, 3.63) is 88.2 Å². The van der Waals surface area contributed by atoms with Crippen molar-refractivity contribution in [2.75, 3.05) is 6.26 Å². The largest absolute Gasteiger partial charge is 0.523 e. The number of aromatic nitrogens is 3. The SMILES string of the molecule is [C-]#[N+]C1=C(O)[C@H](C)[C@H]2CCc3c(-c4ccccc4F)nc(-c4ccnc(CS(C)(=O)=O)c4)nc3[C@]2(C)C1.